The van der Waals surface area contributed by atoms with Gasteiger partial charge < -0.3 is 5.32 Å². The van der Waals surface area contributed by atoms with Crippen molar-refractivity contribution in [2.24, 2.45) is 0 Å². The van der Waals surface area contributed by atoms with Crippen LogP contribution in [0.15, 0.2) is 34.3 Å². The Kier molecular flexibility index (Phi) is 6.60. The minimum atomic E-state index is 0.253. The normalized spacial score (nSPS) is 20.6. The van der Waals surface area contributed by atoms with E-state index < -0.39 is 0 Å². The van der Waals surface area contributed by atoms with Crippen LogP contribution in [-0.4, -0.2) is 6.54 Å². The highest BCUT2D eigenvalue weighted by atomic mass is 79.9. The van der Waals surface area contributed by atoms with E-state index in [1.807, 2.05) is 6.07 Å². The van der Waals surface area contributed by atoms with Gasteiger partial charge in [0, 0.05) is 4.47 Å². The molecule has 0 spiro atoms. The van der Waals surface area contributed by atoms with Crippen molar-refractivity contribution >= 4 is 27.5 Å². The Morgan fingerprint density at radius 2 is 2.05 bits per heavy atom. The zero-order valence-electron chi connectivity index (χ0n) is 12.1. The molecule has 1 N–H and O–H groups in total. The summed E-state index contributed by atoms with van der Waals surface area (Å²) in [5.74, 6) is 0. The van der Waals surface area contributed by atoms with Crippen LogP contribution in [0, 0.1) is 0 Å². The molecule has 1 aromatic carbocycles. The second kappa shape index (κ2) is 8.21. The zero-order chi connectivity index (χ0) is 14.4. The topological polar surface area (TPSA) is 12.0 Å². The molecule has 0 bridgehead atoms. The Hall–Kier alpha value is -0.310. The van der Waals surface area contributed by atoms with Gasteiger partial charge in [-0.2, -0.15) is 0 Å². The fraction of sp³-hybridized carbons (Fsp3) is 0.529. The molecule has 1 atom stereocenters. The molecule has 0 radical (unpaired) electrons. The van der Waals surface area contributed by atoms with E-state index in [0.29, 0.717) is 0 Å². The van der Waals surface area contributed by atoms with Crippen LogP contribution in [0.4, 0.5) is 0 Å². The van der Waals surface area contributed by atoms with E-state index in [4.69, 9.17) is 11.6 Å². The highest BCUT2D eigenvalue weighted by molar-refractivity contribution is 9.10. The minimum Gasteiger partial charge on any atom is -0.307 e. The standard InChI is InChI=1S/C17H23BrClN/c1-2-20-17(13-9-6-4-3-5-7-10-13)14-11-8-12-15(18)16(14)19/h8-9,11-12,17,20H,2-7,10H2,1H3/b13-9+. The van der Waals surface area contributed by atoms with E-state index in [9.17, 15) is 0 Å². The molecule has 2 rings (SSSR count). The predicted molar refractivity (Wildman–Crippen MR) is 91.4 cm³/mol. The molecule has 0 saturated carbocycles. The first-order valence-corrected chi connectivity index (χ1v) is 8.77. The monoisotopic (exact) mass is 355 g/mol. The molecular weight excluding hydrogens is 334 g/mol. The maximum Gasteiger partial charge on any atom is 0.0599 e. The van der Waals surface area contributed by atoms with Crippen LogP contribution in [0.5, 0.6) is 0 Å². The number of benzene rings is 1. The molecule has 0 aromatic heterocycles. The fourth-order valence-electron chi connectivity index (χ4n) is 2.87. The number of allylic oxidation sites excluding steroid dienone is 1. The number of halogens is 2. The van der Waals surface area contributed by atoms with Gasteiger partial charge in [-0.3, -0.25) is 0 Å². The largest absolute Gasteiger partial charge is 0.307 e. The van der Waals surface area contributed by atoms with Crippen LogP contribution in [0.25, 0.3) is 0 Å². The van der Waals surface area contributed by atoms with Crippen molar-refractivity contribution in [3.05, 3.63) is 44.9 Å². The van der Waals surface area contributed by atoms with Crippen LogP contribution in [0.2, 0.25) is 5.02 Å². The Bertz CT molecular complexity index is 470. The number of nitrogens with one attached hydrogen (secondary N) is 1. The first kappa shape index (κ1) is 16.1. The van der Waals surface area contributed by atoms with E-state index in [-0.39, 0.29) is 6.04 Å². The van der Waals surface area contributed by atoms with Gasteiger partial charge in [-0.15, -0.1) is 0 Å². The molecule has 1 aliphatic carbocycles. The maximum atomic E-state index is 6.50. The van der Waals surface area contributed by atoms with Crippen LogP contribution in [0.1, 0.15) is 57.1 Å². The molecule has 0 fully saturated rings. The predicted octanol–water partition coefficient (Wildman–Crippen LogP) is 6.03. The van der Waals surface area contributed by atoms with E-state index in [0.717, 1.165) is 16.0 Å². The molecule has 0 saturated heterocycles. The summed E-state index contributed by atoms with van der Waals surface area (Å²) in [4.78, 5) is 0. The van der Waals surface area contributed by atoms with Crippen molar-refractivity contribution in [3.63, 3.8) is 0 Å². The number of hydrogen-bond donors (Lipinski definition) is 1. The average Bonchev–Trinajstić information content (AvgIpc) is 2.40. The quantitative estimate of drug-likeness (QED) is 0.649. The molecule has 0 amide bonds. The van der Waals surface area contributed by atoms with Gasteiger partial charge in [0.15, 0.2) is 0 Å². The molecule has 3 heteroatoms. The Morgan fingerprint density at radius 3 is 2.85 bits per heavy atom. The van der Waals surface area contributed by atoms with Crippen molar-refractivity contribution < 1.29 is 0 Å². The summed E-state index contributed by atoms with van der Waals surface area (Å²) in [6.07, 6.45) is 10.1. The van der Waals surface area contributed by atoms with Gasteiger partial charge in [0.25, 0.3) is 0 Å². The molecule has 20 heavy (non-hydrogen) atoms. The minimum absolute atomic E-state index is 0.253. The number of likely N-dealkylation sites (N-methyl/N-ethyl adjacent to an activating group) is 1. The lowest BCUT2D eigenvalue weighted by molar-refractivity contribution is 0.554. The van der Waals surface area contributed by atoms with Crippen molar-refractivity contribution in [3.8, 4) is 0 Å². The van der Waals surface area contributed by atoms with Crippen molar-refractivity contribution in [2.75, 3.05) is 6.54 Å². The summed E-state index contributed by atoms with van der Waals surface area (Å²) in [6, 6.07) is 6.46. The summed E-state index contributed by atoms with van der Waals surface area (Å²) in [7, 11) is 0. The first-order valence-electron chi connectivity index (χ1n) is 7.60. The Morgan fingerprint density at radius 1 is 1.25 bits per heavy atom. The van der Waals surface area contributed by atoms with E-state index in [1.54, 1.807) is 0 Å². The van der Waals surface area contributed by atoms with Gasteiger partial charge in [-0.05, 0) is 59.8 Å². The van der Waals surface area contributed by atoms with Gasteiger partial charge in [0.1, 0.15) is 0 Å². The summed E-state index contributed by atoms with van der Waals surface area (Å²) in [6.45, 7) is 3.10. The van der Waals surface area contributed by atoms with Gasteiger partial charge in [-0.25, -0.2) is 0 Å². The number of hydrogen-bond acceptors (Lipinski definition) is 1. The molecule has 1 aromatic rings. The van der Waals surface area contributed by atoms with E-state index >= 15 is 0 Å². The van der Waals surface area contributed by atoms with Crippen molar-refractivity contribution in [1.29, 1.82) is 0 Å². The molecule has 0 heterocycles. The van der Waals surface area contributed by atoms with Gasteiger partial charge in [0.05, 0.1) is 11.1 Å². The Labute approximate surface area is 135 Å². The maximum absolute atomic E-state index is 6.50. The second-order valence-electron chi connectivity index (χ2n) is 5.37. The molecular formula is C17H23BrClN. The van der Waals surface area contributed by atoms with Crippen molar-refractivity contribution in [2.45, 2.75) is 51.5 Å². The Balaban J connectivity index is 2.31. The SMILES string of the molecule is CCNC(/C1=C/CCCCCC1)c1cccc(Br)c1Cl. The van der Waals surface area contributed by atoms with Crippen LogP contribution >= 0.6 is 27.5 Å². The molecule has 1 unspecified atom stereocenters. The highest BCUT2D eigenvalue weighted by Gasteiger charge is 2.19. The lowest BCUT2D eigenvalue weighted by atomic mass is 9.91. The summed E-state index contributed by atoms with van der Waals surface area (Å²) < 4.78 is 0.978. The summed E-state index contributed by atoms with van der Waals surface area (Å²) in [5.41, 5.74) is 2.70. The second-order valence-corrected chi connectivity index (χ2v) is 6.60. The summed E-state index contributed by atoms with van der Waals surface area (Å²) >= 11 is 10.0. The lowest BCUT2D eigenvalue weighted by Crippen LogP contribution is -2.23. The number of rotatable bonds is 4. The molecule has 0 aliphatic heterocycles. The van der Waals surface area contributed by atoms with E-state index in [2.05, 4.69) is 46.4 Å². The van der Waals surface area contributed by atoms with E-state index in [1.165, 1.54) is 49.7 Å². The zero-order valence-corrected chi connectivity index (χ0v) is 14.4. The van der Waals surface area contributed by atoms with Gasteiger partial charge >= 0.3 is 0 Å². The van der Waals surface area contributed by atoms with Gasteiger partial charge in [0.2, 0.25) is 0 Å². The van der Waals surface area contributed by atoms with Crippen molar-refractivity contribution in [1.82, 2.24) is 5.32 Å². The first-order chi connectivity index (χ1) is 9.74. The average molecular weight is 357 g/mol. The third-order valence-corrected chi connectivity index (χ3v) is 5.21. The summed E-state index contributed by atoms with van der Waals surface area (Å²) in [5, 5.41) is 4.45. The van der Waals surface area contributed by atoms with Crippen LogP contribution in [0.3, 0.4) is 0 Å². The highest BCUT2D eigenvalue weighted by Crippen LogP contribution is 2.35. The fourth-order valence-corrected chi connectivity index (χ4v) is 3.48. The molecule has 110 valence electrons. The van der Waals surface area contributed by atoms with Gasteiger partial charge in [-0.1, -0.05) is 55.1 Å². The third kappa shape index (κ3) is 4.09. The third-order valence-electron chi connectivity index (χ3n) is 3.90. The smallest absolute Gasteiger partial charge is 0.0599 e. The molecule has 1 nitrogen and oxygen atoms in total. The van der Waals surface area contributed by atoms with Crippen LogP contribution in [-0.2, 0) is 0 Å². The molecule has 1 aliphatic rings. The van der Waals surface area contributed by atoms with Crippen LogP contribution < -0.4 is 5.32 Å². The lowest BCUT2D eigenvalue weighted by Gasteiger charge is -2.25.